The molecule has 0 atom stereocenters. The minimum Gasteiger partial charge on any atom is -0.507 e. The highest BCUT2D eigenvalue weighted by molar-refractivity contribution is 9.10. The van der Waals surface area contributed by atoms with Crippen LogP contribution in [0.15, 0.2) is 33.8 Å². The number of amides is 1. The molecule has 0 bridgehead atoms. The number of hydrogen-bond acceptors (Lipinski definition) is 6. The second kappa shape index (κ2) is 11.2. The van der Waals surface area contributed by atoms with Crippen molar-refractivity contribution in [1.29, 1.82) is 0 Å². The van der Waals surface area contributed by atoms with Crippen molar-refractivity contribution in [3.05, 3.63) is 51.0 Å². The van der Waals surface area contributed by atoms with Gasteiger partial charge in [-0.25, -0.2) is 5.43 Å². The summed E-state index contributed by atoms with van der Waals surface area (Å²) in [5.41, 5.74) is 5.47. The SMILES string of the molecule is COc1cc(/C=N\NC(=O)CCc2cc(C(C)(C)C)c(O)c(C(C)(C)C)c2)cc(Br)c1OC(C)=O. The highest BCUT2D eigenvalue weighted by Gasteiger charge is 2.26. The summed E-state index contributed by atoms with van der Waals surface area (Å²) in [4.78, 5) is 23.7. The minimum absolute atomic E-state index is 0.229. The zero-order chi connectivity index (χ0) is 26.6. The number of esters is 1. The average Bonchev–Trinajstić information content (AvgIpc) is 2.72. The first-order valence-corrected chi connectivity index (χ1v) is 12.2. The van der Waals surface area contributed by atoms with E-state index in [2.05, 4.69) is 68.0 Å². The number of methoxy groups -OCH3 is 1. The summed E-state index contributed by atoms with van der Waals surface area (Å²) in [6.07, 6.45) is 2.25. The largest absolute Gasteiger partial charge is 0.507 e. The Morgan fingerprint density at radius 3 is 2.11 bits per heavy atom. The Hall–Kier alpha value is -2.87. The normalized spacial score (nSPS) is 12.0. The maximum Gasteiger partial charge on any atom is 0.308 e. The van der Waals surface area contributed by atoms with Gasteiger partial charge in [-0.3, -0.25) is 9.59 Å². The van der Waals surface area contributed by atoms with Gasteiger partial charge in [0.25, 0.3) is 0 Å². The van der Waals surface area contributed by atoms with E-state index in [-0.39, 0.29) is 28.9 Å². The number of hydrazone groups is 1. The summed E-state index contributed by atoms with van der Waals surface area (Å²) in [5, 5.41) is 14.9. The van der Waals surface area contributed by atoms with Gasteiger partial charge in [0.15, 0.2) is 11.5 Å². The molecular weight excluding hydrogens is 512 g/mol. The molecule has 0 aliphatic heterocycles. The zero-order valence-corrected chi connectivity index (χ0v) is 23.3. The fraction of sp³-hybridized carbons (Fsp3) is 0.444. The van der Waals surface area contributed by atoms with Crippen LogP contribution in [0.1, 0.15) is 77.1 Å². The number of halogens is 1. The van der Waals surface area contributed by atoms with Gasteiger partial charge in [0.2, 0.25) is 5.91 Å². The summed E-state index contributed by atoms with van der Waals surface area (Å²) >= 11 is 3.36. The van der Waals surface area contributed by atoms with Crippen molar-refractivity contribution in [2.75, 3.05) is 7.11 Å². The Bertz CT molecular complexity index is 1090. The van der Waals surface area contributed by atoms with Crippen LogP contribution in [0.2, 0.25) is 0 Å². The predicted molar refractivity (Wildman–Crippen MR) is 142 cm³/mol. The molecule has 1 amide bonds. The van der Waals surface area contributed by atoms with Gasteiger partial charge in [0.1, 0.15) is 5.75 Å². The van der Waals surface area contributed by atoms with E-state index in [9.17, 15) is 14.7 Å². The summed E-state index contributed by atoms with van der Waals surface area (Å²) in [6.45, 7) is 13.7. The average molecular weight is 547 g/mol. The number of nitrogens with one attached hydrogen (secondary N) is 1. The van der Waals surface area contributed by atoms with Crippen molar-refractivity contribution >= 4 is 34.0 Å². The van der Waals surface area contributed by atoms with E-state index < -0.39 is 5.97 Å². The highest BCUT2D eigenvalue weighted by atomic mass is 79.9. The molecule has 8 heteroatoms. The second-order valence-corrected chi connectivity index (χ2v) is 11.3. The molecule has 0 saturated heterocycles. The fourth-order valence-corrected chi connectivity index (χ4v) is 4.07. The Morgan fingerprint density at radius 2 is 1.63 bits per heavy atom. The Morgan fingerprint density at radius 1 is 1.06 bits per heavy atom. The van der Waals surface area contributed by atoms with E-state index in [0.29, 0.717) is 28.0 Å². The molecule has 2 aromatic carbocycles. The van der Waals surface area contributed by atoms with Crippen LogP contribution in [0.3, 0.4) is 0 Å². The van der Waals surface area contributed by atoms with Gasteiger partial charge in [-0.15, -0.1) is 0 Å². The number of ether oxygens (including phenoxy) is 2. The standard InChI is InChI=1S/C27H35BrN2O5/c1-16(31)35-25-21(28)13-18(14-22(25)34-8)15-29-30-23(32)10-9-17-11-19(26(2,3)4)24(33)20(12-17)27(5,6)7/h11-15,33H,9-10H2,1-8H3,(H,30,32)/b29-15-. The van der Waals surface area contributed by atoms with Gasteiger partial charge >= 0.3 is 5.97 Å². The van der Waals surface area contributed by atoms with Crippen LogP contribution in [0.25, 0.3) is 0 Å². The molecule has 0 fully saturated rings. The Labute approximate surface area is 216 Å². The van der Waals surface area contributed by atoms with Crippen LogP contribution in [-0.4, -0.2) is 30.3 Å². The number of rotatable bonds is 7. The summed E-state index contributed by atoms with van der Waals surface area (Å²) < 4.78 is 11.0. The van der Waals surface area contributed by atoms with Gasteiger partial charge in [-0.05, 0) is 67.6 Å². The van der Waals surface area contributed by atoms with E-state index in [1.165, 1.54) is 20.2 Å². The number of benzene rings is 2. The lowest BCUT2D eigenvalue weighted by Crippen LogP contribution is -2.20. The fourth-order valence-electron chi connectivity index (χ4n) is 3.53. The molecule has 0 aromatic heterocycles. The van der Waals surface area contributed by atoms with Crippen molar-refractivity contribution in [1.82, 2.24) is 5.43 Å². The quantitative estimate of drug-likeness (QED) is 0.199. The zero-order valence-electron chi connectivity index (χ0n) is 21.7. The lowest BCUT2D eigenvalue weighted by atomic mass is 9.78. The van der Waals surface area contributed by atoms with E-state index in [0.717, 1.165) is 16.7 Å². The first-order chi connectivity index (χ1) is 16.1. The molecule has 190 valence electrons. The smallest absolute Gasteiger partial charge is 0.308 e. The Kier molecular flexibility index (Phi) is 9.11. The molecule has 2 rings (SSSR count). The molecule has 0 unspecified atom stereocenters. The minimum atomic E-state index is -0.462. The number of carbonyl (C=O) groups excluding carboxylic acids is 2. The Balaban J connectivity index is 2.12. The number of aryl methyl sites for hydroxylation is 1. The molecule has 0 aliphatic carbocycles. The maximum absolute atomic E-state index is 12.4. The van der Waals surface area contributed by atoms with E-state index in [4.69, 9.17) is 9.47 Å². The van der Waals surface area contributed by atoms with Gasteiger partial charge < -0.3 is 14.6 Å². The monoisotopic (exact) mass is 546 g/mol. The van der Waals surface area contributed by atoms with Crippen molar-refractivity contribution in [3.63, 3.8) is 0 Å². The van der Waals surface area contributed by atoms with Crippen LogP contribution >= 0.6 is 15.9 Å². The van der Waals surface area contributed by atoms with Gasteiger partial charge in [0.05, 0.1) is 17.8 Å². The second-order valence-electron chi connectivity index (χ2n) is 10.5. The molecule has 2 N–H and O–H groups in total. The van der Waals surface area contributed by atoms with Crippen molar-refractivity contribution in [2.24, 2.45) is 5.10 Å². The van der Waals surface area contributed by atoms with Crippen LogP contribution in [0.4, 0.5) is 0 Å². The molecule has 2 aromatic rings. The third-order valence-corrected chi connectivity index (χ3v) is 5.92. The number of aromatic hydroxyl groups is 1. The number of nitrogens with zero attached hydrogens (tertiary/aromatic N) is 1. The van der Waals surface area contributed by atoms with E-state index >= 15 is 0 Å². The van der Waals surface area contributed by atoms with Crippen LogP contribution in [0.5, 0.6) is 17.2 Å². The van der Waals surface area contributed by atoms with Crippen LogP contribution in [0, 0.1) is 0 Å². The topological polar surface area (TPSA) is 97.2 Å². The first kappa shape index (κ1) is 28.4. The number of carbonyl (C=O) groups is 2. The lowest BCUT2D eigenvalue weighted by Gasteiger charge is -2.28. The number of phenolic OH excluding ortho intramolecular Hbond substituents is 1. The third kappa shape index (κ3) is 7.82. The maximum atomic E-state index is 12.4. The summed E-state index contributed by atoms with van der Waals surface area (Å²) in [6, 6.07) is 7.32. The highest BCUT2D eigenvalue weighted by Crippen LogP contribution is 2.40. The predicted octanol–water partition coefficient (Wildman–Crippen LogP) is 5.77. The van der Waals surface area contributed by atoms with Gasteiger partial charge in [0, 0.05) is 13.3 Å². The van der Waals surface area contributed by atoms with E-state index in [1.807, 2.05) is 12.1 Å². The van der Waals surface area contributed by atoms with Crippen LogP contribution in [-0.2, 0) is 26.8 Å². The van der Waals surface area contributed by atoms with Crippen molar-refractivity contribution in [2.45, 2.75) is 72.1 Å². The first-order valence-electron chi connectivity index (χ1n) is 11.4. The lowest BCUT2D eigenvalue weighted by molar-refractivity contribution is -0.132. The van der Waals surface area contributed by atoms with Crippen molar-refractivity contribution < 1.29 is 24.2 Å². The molecule has 0 spiro atoms. The molecule has 7 nitrogen and oxygen atoms in total. The summed E-state index contributed by atoms with van der Waals surface area (Å²) in [7, 11) is 1.47. The van der Waals surface area contributed by atoms with Crippen molar-refractivity contribution in [3.8, 4) is 17.2 Å². The molecular formula is C27H35BrN2O5. The van der Waals surface area contributed by atoms with Gasteiger partial charge in [-0.2, -0.15) is 5.10 Å². The number of phenols is 1. The molecule has 0 heterocycles. The summed E-state index contributed by atoms with van der Waals surface area (Å²) in [5.74, 6) is 0.268. The molecule has 0 aliphatic rings. The molecule has 0 saturated carbocycles. The number of hydrogen-bond donors (Lipinski definition) is 2. The van der Waals surface area contributed by atoms with E-state index in [1.54, 1.807) is 12.1 Å². The third-order valence-electron chi connectivity index (χ3n) is 5.33. The van der Waals surface area contributed by atoms with Gasteiger partial charge in [-0.1, -0.05) is 53.7 Å². The van der Waals surface area contributed by atoms with Crippen LogP contribution < -0.4 is 14.9 Å². The molecule has 35 heavy (non-hydrogen) atoms. The molecule has 0 radical (unpaired) electrons.